The fourth-order valence-electron chi connectivity index (χ4n) is 2.62. The minimum absolute atomic E-state index is 0.202. The minimum atomic E-state index is 0.202. The molecule has 3 nitrogen and oxygen atoms in total. The van der Waals surface area contributed by atoms with Crippen molar-refractivity contribution < 1.29 is 14.9 Å². The van der Waals surface area contributed by atoms with Crippen molar-refractivity contribution in [3.8, 4) is 5.75 Å². The monoisotopic (exact) mass is 222 g/mol. The molecule has 1 aliphatic rings. The number of hydrogen-bond acceptors (Lipinski definition) is 3. The molecule has 2 N–H and O–H groups in total. The summed E-state index contributed by atoms with van der Waals surface area (Å²) >= 11 is 0. The number of rotatable bonds is 4. The van der Waals surface area contributed by atoms with Gasteiger partial charge in [0.1, 0.15) is 5.75 Å². The van der Waals surface area contributed by atoms with Crippen molar-refractivity contribution in [3.63, 3.8) is 0 Å². The highest BCUT2D eigenvalue weighted by Gasteiger charge is 2.40. The lowest BCUT2D eigenvalue weighted by Gasteiger charge is -2.43. The van der Waals surface area contributed by atoms with Gasteiger partial charge in [-0.1, -0.05) is 12.1 Å². The van der Waals surface area contributed by atoms with E-state index in [-0.39, 0.29) is 13.2 Å². The predicted molar refractivity (Wildman–Crippen MR) is 61.5 cm³/mol. The van der Waals surface area contributed by atoms with E-state index in [9.17, 15) is 10.2 Å². The fourth-order valence-corrected chi connectivity index (χ4v) is 2.62. The summed E-state index contributed by atoms with van der Waals surface area (Å²) in [5, 5.41) is 18.5. The van der Waals surface area contributed by atoms with Crippen LogP contribution in [0.5, 0.6) is 5.75 Å². The van der Waals surface area contributed by atoms with Crippen molar-refractivity contribution in [3.05, 3.63) is 29.8 Å². The van der Waals surface area contributed by atoms with Gasteiger partial charge in [0.2, 0.25) is 0 Å². The van der Waals surface area contributed by atoms with Gasteiger partial charge in [0, 0.05) is 13.2 Å². The van der Waals surface area contributed by atoms with Gasteiger partial charge in [0.25, 0.3) is 0 Å². The van der Waals surface area contributed by atoms with Crippen molar-refractivity contribution in [2.45, 2.75) is 12.3 Å². The van der Waals surface area contributed by atoms with Crippen LogP contribution in [0.15, 0.2) is 24.3 Å². The van der Waals surface area contributed by atoms with Gasteiger partial charge in [0.15, 0.2) is 0 Å². The maximum atomic E-state index is 9.23. The molecule has 1 aromatic carbocycles. The summed E-state index contributed by atoms with van der Waals surface area (Å²) in [5.41, 5.74) is 1.19. The molecular formula is C13H18O3. The summed E-state index contributed by atoms with van der Waals surface area (Å²) in [6, 6.07) is 7.90. The van der Waals surface area contributed by atoms with Gasteiger partial charge in [0.05, 0.1) is 7.11 Å². The molecule has 0 unspecified atom stereocenters. The molecule has 0 saturated heterocycles. The van der Waals surface area contributed by atoms with Crippen LogP contribution in [0.25, 0.3) is 0 Å². The molecular weight excluding hydrogens is 204 g/mol. The molecule has 0 bridgehead atoms. The summed E-state index contributed by atoms with van der Waals surface area (Å²) in [4.78, 5) is 0. The van der Waals surface area contributed by atoms with E-state index in [0.29, 0.717) is 17.8 Å². The Morgan fingerprint density at radius 3 is 2.12 bits per heavy atom. The molecule has 0 aliphatic heterocycles. The highest BCUT2D eigenvalue weighted by Crippen LogP contribution is 2.47. The molecule has 1 aromatic rings. The smallest absolute Gasteiger partial charge is 0.118 e. The van der Waals surface area contributed by atoms with Gasteiger partial charge in [-0.2, -0.15) is 0 Å². The van der Waals surface area contributed by atoms with E-state index in [2.05, 4.69) is 0 Å². The van der Waals surface area contributed by atoms with E-state index in [4.69, 9.17) is 4.74 Å². The Labute approximate surface area is 95.7 Å². The van der Waals surface area contributed by atoms with Gasteiger partial charge in [-0.05, 0) is 41.9 Å². The van der Waals surface area contributed by atoms with E-state index < -0.39 is 0 Å². The Bertz CT molecular complexity index is 324. The van der Waals surface area contributed by atoms with Crippen molar-refractivity contribution >= 4 is 0 Å². The zero-order valence-electron chi connectivity index (χ0n) is 9.47. The Morgan fingerprint density at radius 1 is 1.12 bits per heavy atom. The fraction of sp³-hybridized carbons (Fsp3) is 0.538. The number of aliphatic hydroxyl groups excluding tert-OH is 2. The summed E-state index contributed by atoms with van der Waals surface area (Å²) in [6.45, 7) is 0.403. The first-order valence-corrected chi connectivity index (χ1v) is 5.65. The maximum Gasteiger partial charge on any atom is 0.118 e. The SMILES string of the molecule is COc1ccc(C2[C@@H](CO)C[C@@H]2CO)cc1. The second-order valence-corrected chi connectivity index (χ2v) is 4.42. The van der Waals surface area contributed by atoms with E-state index in [1.807, 2.05) is 24.3 Å². The normalized spacial score (nSPS) is 25.2. The van der Waals surface area contributed by atoms with Gasteiger partial charge < -0.3 is 14.9 Å². The molecule has 3 heteroatoms. The first-order chi connectivity index (χ1) is 7.80. The van der Waals surface area contributed by atoms with E-state index in [0.717, 1.165) is 12.2 Å². The standard InChI is InChI=1S/C13H18O3/c1-16-12-4-2-9(3-5-12)13-10(7-14)6-11(13)8-15/h2-5,10-11,13-15H,6-8H2,1H3/t10-,11-/m1/s1. The minimum Gasteiger partial charge on any atom is -0.497 e. The molecule has 2 atom stereocenters. The average Bonchev–Trinajstić information content (AvgIpc) is 2.30. The van der Waals surface area contributed by atoms with Crippen molar-refractivity contribution in [1.82, 2.24) is 0 Å². The number of aliphatic hydroxyl groups is 2. The summed E-state index contributed by atoms with van der Waals surface area (Å²) < 4.78 is 5.11. The Morgan fingerprint density at radius 2 is 1.69 bits per heavy atom. The summed E-state index contributed by atoms with van der Waals surface area (Å²) in [6.07, 6.45) is 0.920. The molecule has 0 radical (unpaired) electrons. The third kappa shape index (κ3) is 1.93. The Kier molecular flexibility index (Phi) is 3.46. The number of ether oxygens (including phenoxy) is 1. The molecule has 2 rings (SSSR count). The number of methoxy groups -OCH3 is 1. The van der Waals surface area contributed by atoms with Gasteiger partial charge in [-0.15, -0.1) is 0 Å². The second-order valence-electron chi connectivity index (χ2n) is 4.42. The number of hydrogen-bond donors (Lipinski definition) is 2. The molecule has 0 aromatic heterocycles. The molecule has 0 amide bonds. The van der Waals surface area contributed by atoms with E-state index in [1.54, 1.807) is 7.11 Å². The first kappa shape index (κ1) is 11.4. The van der Waals surface area contributed by atoms with Crippen LogP contribution < -0.4 is 4.74 Å². The zero-order valence-corrected chi connectivity index (χ0v) is 9.47. The van der Waals surface area contributed by atoms with E-state index >= 15 is 0 Å². The summed E-state index contributed by atoms with van der Waals surface area (Å²) in [7, 11) is 1.64. The topological polar surface area (TPSA) is 49.7 Å². The van der Waals surface area contributed by atoms with Crippen LogP contribution in [0.3, 0.4) is 0 Å². The third-order valence-electron chi connectivity index (χ3n) is 3.59. The molecule has 1 saturated carbocycles. The number of benzene rings is 1. The van der Waals surface area contributed by atoms with Crippen LogP contribution in [0, 0.1) is 11.8 Å². The molecule has 0 spiro atoms. The van der Waals surface area contributed by atoms with Crippen LogP contribution >= 0.6 is 0 Å². The zero-order chi connectivity index (χ0) is 11.5. The Balaban J connectivity index is 2.14. The van der Waals surface area contributed by atoms with Crippen LogP contribution in [0.2, 0.25) is 0 Å². The third-order valence-corrected chi connectivity index (χ3v) is 3.59. The summed E-state index contributed by atoms with van der Waals surface area (Å²) in [5.74, 6) is 1.72. The highest BCUT2D eigenvalue weighted by molar-refractivity contribution is 5.31. The van der Waals surface area contributed by atoms with E-state index in [1.165, 1.54) is 5.56 Å². The lowest BCUT2D eigenvalue weighted by atomic mass is 9.62. The molecule has 88 valence electrons. The van der Waals surface area contributed by atoms with Crippen molar-refractivity contribution in [2.75, 3.05) is 20.3 Å². The van der Waals surface area contributed by atoms with Crippen LogP contribution in [0.4, 0.5) is 0 Å². The average molecular weight is 222 g/mol. The van der Waals surface area contributed by atoms with Crippen molar-refractivity contribution in [2.24, 2.45) is 11.8 Å². The molecule has 16 heavy (non-hydrogen) atoms. The van der Waals surface area contributed by atoms with Gasteiger partial charge >= 0.3 is 0 Å². The largest absolute Gasteiger partial charge is 0.497 e. The highest BCUT2D eigenvalue weighted by atomic mass is 16.5. The first-order valence-electron chi connectivity index (χ1n) is 5.65. The molecule has 0 heterocycles. The van der Waals surface area contributed by atoms with Crippen LogP contribution in [-0.2, 0) is 0 Å². The quantitative estimate of drug-likeness (QED) is 0.809. The van der Waals surface area contributed by atoms with Gasteiger partial charge in [-0.25, -0.2) is 0 Å². The lowest BCUT2D eigenvalue weighted by Crippen LogP contribution is -2.38. The lowest BCUT2D eigenvalue weighted by molar-refractivity contribution is 0.0350. The Hall–Kier alpha value is -1.06. The second kappa shape index (κ2) is 4.85. The van der Waals surface area contributed by atoms with Crippen LogP contribution in [0.1, 0.15) is 17.9 Å². The molecule has 1 fully saturated rings. The van der Waals surface area contributed by atoms with Crippen molar-refractivity contribution in [1.29, 1.82) is 0 Å². The predicted octanol–water partition coefficient (Wildman–Crippen LogP) is 1.40. The molecule has 1 aliphatic carbocycles. The van der Waals surface area contributed by atoms with Gasteiger partial charge in [-0.3, -0.25) is 0 Å². The maximum absolute atomic E-state index is 9.23. The van der Waals surface area contributed by atoms with Crippen LogP contribution in [-0.4, -0.2) is 30.5 Å².